The van der Waals surface area contributed by atoms with Gasteiger partial charge in [-0.3, -0.25) is 9.69 Å². The highest BCUT2D eigenvalue weighted by molar-refractivity contribution is 5.78. The molecule has 7 nitrogen and oxygen atoms in total. The molecule has 3 atom stereocenters. The van der Waals surface area contributed by atoms with E-state index < -0.39 is 0 Å². The number of hydrogen-bond acceptors (Lipinski definition) is 5. The number of piperidine rings is 1. The molecule has 1 saturated heterocycles. The zero-order chi connectivity index (χ0) is 20.8. The standard InChI is InChI=1S/C23H39N5O2/c1-18-8-4-5-10-20(18)30-15-12-24-22(29)17-27-13-7-9-19(16-27)23-26-25-21-11-3-2-6-14-28(21)23/h18-20H,2-17H2,1H3,(H,24,29). The summed E-state index contributed by atoms with van der Waals surface area (Å²) in [7, 11) is 0. The minimum Gasteiger partial charge on any atom is -0.376 e. The predicted molar refractivity (Wildman–Crippen MR) is 116 cm³/mol. The number of hydrogen-bond donors (Lipinski definition) is 1. The third-order valence-corrected chi connectivity index (χ3v) is 7.16. The number of rotatable bonds is 7. The van der Waals surface area contributed by atoms with Crippen LogP contribution in [-0.4, -0.2) is 64.5 Å². The summed E-state index contributed by atoms with van der Waals surface area (Å²) in [6.07, 6.45) is 12.4. The van der Waals surface area contributed by atoms with Crippen molar-refractivity contribution in [3.8, 4) is 0 Å². The van der Waals surface area contributed by atoms with E-state index in [0.717, 1.165) is 57.0 Å². The van der Waals surface area contributed by atoms with Crippen molar-refractivity contribution in [3.63, 3.8) is 0 Å². The molecule has 0 aromatic carbocycles. The zero-order valence-corrected chi connectivity index (χ0v) is 18.7. The molecule has 0 bridgehead atoms. The van der Waals surface area contributed by atoms with Gasteiger partial charge in [-0.25, -0.2) is 0 Å². The number of amides is 1. The second kappa shape index (κ2) is 10.7. The smallest absolute Gasteiger partial charge is 0.234 e. The van der Waals surface area contributed by atoms with Crippen LogP contribution in [0, 0.1) is 5.92 Å². The summed E-state index contributed by atoms with van der Waals surface area (Å²) < 4.78 is 8.38. The molecule has 7 heteroatoms. The van der Waals surface area contributed by atoms with Gasteiger partial charge in [-0.1, -0.05) is 26.2 Å². The molecule has 1 aromatic heterocycles. The summed E-state index contributed by atoms with van der Waals surface area (Å²) in [6, 6.07) is 0. The first kappa shape index (κ1) is 21.8. The second-order valence-corrected chi connectivity index (χ2v) is 9.53. The third kappa shape index (κ3) is 5.61. The van der Waals surface area contributed by atoms with Gasteiger partial charge in [0.05, 0.1) is 19.3 Å². The molecule has 1 aliphatic carbocycles. The van der Waals surface area contributed by atoms with E-state index in [9.17, 15) is 4.79 Å². The van der Waals surface area contributed by atoms with Gasteiger partial charge < -0.3 is 14.6 Å². The van der Waals surface area contributed by atoms with Crippen LogP contribution in [0.2, 0.25) is 0 Å². The Morgan fingerprint density at radius 3 is 2.87 bits per heavy atom. The first-order chi connectivity index (χ1) is 14.7. The number of carbonyl (C=O) groups excluding carboxylic acids is 1. The van der Waals surface area contributed by atoms with E-state index in [1.54, 1.807) is 0 Å². The van der Waals surface area contributed by atoms with Crippen molar-refractivity contribution < 1.29 is 9.53 Å². The van der Waals surface area contributed by atoms with Crippen LogP contribution >= 0.6 is 0 Å². The van der Waals surface area contributed by atoms with Gasteiger partial charge in [0.2, 0.25) is 5.91 Å². The Kier molecular flexibility index (Phi) is 7.77. The maximum atomic E-state index is 12.5. The first-order valence-electron chi connectivity index (χ1n) is 12.2. The highest BCUT2D eigenvalue weighted by atomic mass is 16.5. The second-order valence-electron chi connectivity index (χ2n) is 9.53. The van der Waals surface area contributed by atoms with Gasteiger partial charge in [0.25, 0.3) is 0 Å². The van der Waals surface area contributed by atoms with Gasteiger partial charge in [0, 0.05) is 32.0 Å². The average molecular weight is 418 g/mol. The van der Waals surface area contributed by atoms with Crippen molar-refractivity contribution >= 4 is 5.91 Å². The number of aromatic nitrogens is 3. The van der Waals surface area contributed by atoms with Gasteiger partial charge in [-0.05, 0) is 51.0 Å². The average Bonchev–Trinajstić information content (AvgIpc) is 3.01. The van der Waals surface area contributed by atoms with E-state index in [2.05, 4.69) is 31.9 Å². The lowest BCUT2D eigenvalue weighted by atomic mass is 9.88. The van der Waals surface area contributed by atoms with Gasteiger partial charge >= 0.3 is 0 Å². The molecule has 1 N–H and O–H groups in total. The molecule has 3 unspecified atom stereocenters. The Labute approximate surface area is 180 Å². The van der Waals surface area contributed by atoms with Crippen molar-refractivity contribution in [1.82, 2.24) is 25.0 Å². The number of nitrogens with one attached hydrogen (secondary N) is 1. The van der Waals surface area contributed by atoms with Crippen LogP contribution in [0.25, 0.3) is 0 Å². The lowest BCUT2D eigenvalue weighted by Crippen LogP contribution is -2.43. The van der Waals surface area contributed by atoms with E-state index >= 15 is 0 Å². The third-order valence-electron chi connectivity index (χ3n) is 7.16. The van der Waals surface area contributed by atoms with E-state index in [4.69, 9.17) is 4.74 Å². The number of ether oxygens (including phenoxy) is 1. The highest BCUT2D eigenvalue weighted by Crippen LogP contribution is 2.28. The van der Waals surface area contributed by atoms with Crippen LogP contribution in [0.1, 0.15) is 82.3 Å². The molecule has 3 aliphatic rings. The topological polar surface area (TPSA) is 72.3 Å². The Hall–Kier alpha value is -1.47. The fourth-order valence-corrected chi connectivity index (χ4v) is 5.41. The summed E-state index contributed by atoms with van der Waals surface area (Å²) in [5.41, 5.74) is 0. The molecule has 1 amide bonds. The Balaban J connectivity index is 1.20. The molecule has 30 heavy (non-hydrogen) atoms. The summed E-state index contributed by atoms with van der Waals surface area (Å²) in [5.74, 6) is 3.45. The molecule has 0 spiro atoms. The monoisotopic (exact) mass is 417 g/mol. The molecule has 2 aliphatic heterocycles. The molecular formula is C23H39N5O2. The van der Waals surface area contributed by atoms with Crippen LogP contribution in [0.4, 0.5) is 0 Å². The summed E-state index contributed by atoms with van der Waals surface area (Å²) in [4.78, 5) is 14.7. The Morgan fingerprint density at radius 2 is 1.97 bits per heavy atom. The summed E-state index contributed by atoms with van der Waals surface area (Å²) >= 11 is 0. The molecule has 4 rings (SSSR count). The SMILES string of the molecule is CC1CCCCC1OCCNC(=O)CN1CCCC(c2nnc3n2CCCCC3)C1. The molecule has 1 saturated carbocycles. The van der Waals surface area contributed by atoms with Gasteiger partial charge in [-0.2, -0.15) is 0 Å². The highest BCUT2D eigenvalue weighted by Gasteiger charge is 2.28. The number of carbonyl (C=O) groups is 1. The minimum atomic E-state index is 0.107. The first-order valence-corrected chi connectivity index (χ1v) is 12.2. The van der Waals surface area contributed by atoms with Crippen LogP contribution in [0.3, 0.4) is 0 Å². The summed E-state index contributed by atoms with van der Waals surface area (Å²) in [6.45, 7) is 6.92. The fraction of sp³-hybridized carbons (Fsp3) is 0.870. The lowest BCUT2D eigenvalue weighted by molar-refractivity contribution is -0.123. The van der Waals surface area contributed by atoms with E-state index in [0.29, 0.717) is 37.6 Å². The van der Waals surface area contributed by atoms with Crippen LogP contribution < -0.4 is 5.32 Å². The van der Waals surface area contributed by atoms with Crippen molar-refractivity contribution in [1.29, 1.82) is 0 Å². The molecular weight excluding hydrogens is 378 g/mol. The van der Waals surface area contributed by atoms with E-state index in [1.165, 1.54) is 38.5 Å². The zero-order valence-electron chi connectivity index (χ0n) is 18.7. The molecule has 2 fully saturated rings. The van der Waals surface area contributed by atoms with Crippen molar-refractivity contribution in [2.75, 3.05) is 32.8 Å². The van der Waals surface area contributed by atoms with E-state index in [-0.39, 0.29) is 5.91 Å². The number of fused-ring (bicyclic) bond motifs is 1. The lowest BCUT2D eigenvalue weighted by Gasteiger charge is -2.32. The van der Waals surface area contributed by atoms with Crippen molar-refractivity contribution in [3.05, 3.63) is 11.6 Å². The number of likely N-dealkylation sites (tertiary alicyclic amines) is 1. The van der Waals surface area contributed by atoms with Gasteiger partial charge in [-0.15, -0.1) is 10.2 Å². The van der Waals surface area contributed by atoms with E-state index in [1.807, 2.05) is 0 Å². The quantitative estimate of drug-likeness (QED) is 0.691. The fourth-order valence-electron chi connectivity index (χ4n) is 5.41. The number of aryl methyl sites for hydroxylation is 1. The van der Waals surface area contributed by atoms with Crippen molar-refractivity contribution in [2.24, 2.45) is 5.92 Å². The molecule has 168 valence electrons. The largest absolute Gasteiger partial charge is 0.376 e. The van der Waals surface area contributed by atoms with Gasteiger partial charge in [0.1, 0.15) is 11.6 Å². The normalized spacial score (nSPS) is 28.0. The van der Waals surface area contributed by atoms with Crippen LogP contribution in [0.5, 0.6) is 0 Å². The van der Waals surface area contributed by atoms with Crippen molar-refractivity contribution in [2.45, 2.75) is 89.7 Å². The van der Waals surface area contributed by atoms with Gasteiger partial charge in [0.15, 0.2) is 0 Å². The Bertz CT molecular complexity index is 691. The summed E-state index contributed by atoms with van der Waals surface area (Å²) in [5, 5.41) is 12.1. The van der Waals surface area contributed by atoms with Crippen LogP contribution in [0.15, 0.2) is 0 Å². The molecule has 3 heterocycles. The Morgan fingerprint density at radius 1 is 1.07 bits per heavy atom. The predicted octanol–water partition coefficient (Wildman–Crippen LogP) is 2.90. The number of nitrogens with zero attached hydrogens (tertiary/aromatic N) is 4. The molecule has 1 aromatic rings. The molecule has 0 radical (unpaired) electrons. The van der Waals surface area contributed by atoms with Crippen LogP contribution in [-0.2, 0) is 22.5 Å². The minimum absolute atomic E-state index is 0.107. The maximum Gasteiger partial charge on any atom is 0.234 e. The maximum absolute atomic E-state index is 12.5.